The van der Waals surface area contributed by atoms with Gasteiger partial charge in [-0.3, -0.25) is 4.90 Å². The zero-order valence-electron chi connectivity index (χ0n) is 15.5. The first kappa shape index (κ1) is 17.9. The molecule has 1 aromatic rings. The van der Waals surface area contributed by atoms with Crippen LogP contribution in [0.2, 0.25) is 0 Å². The molecular formula is C20H28FN3O2S. The van der Waals surface area contributed by atoms with Crippen LogP contribution in [-0.4, -0.2) is 55.0 Å². The van der Waals surface area contributed by atoms with E-state index in [1.165, 1.54) is 24.1 Å². The minimum absolute atomic E-state index is 0.0643. The van der Waals surface area contributed by atoms with Crippen molar-refractivity contribution in [3.8, 4) is 0 Å². The summed E-state index contributed by atoms with van der Waals surface area (Å²) in [4.78, 5) is 16.0. The number of ether oxygens (including phenoxy) is 1. The van der Waals surface area contributed by atoms with Crippen LogP contribution in [0, 0.1) is 11.3 Å². The van der Waals surface area contributed by atoms with Gasteiger partial charge in [0.1, 0.15) is 6.17 Å². The van der Waals surface area contributed by atoms with Crippen molar-refractivity contribution in [3.63, 3.8) is 0 Å². The van der Waals surface area contributed by atoms with E-state index in [2.05, 4.69) is 21.6 Å². The van der Waals surface area contributed by atoms with Gasteiger partial charge in [-0.15, -0.1) is 11.3 Å². The van der Waals surface area contributed by atoms with Gasteiger partial charge < -0.3 is 15.4 Å². The molecular weight excluding hydrogens is 365 g/mol. The molecule has 2 aliphatic carbocycles. The quantitative estimate of drug-likeness (QED) is 0.809. The summed E-state index contributed by atoms with van der Waals surface area (Å²) in [6.45, 7) is 2.55. The first-order chi connectivity index (χ1) is 13.2. The number of hydrogen-bond acceptors (Lipinski definition) is 4. The third kappa shape index (κ3) is 3.08. The number of likely N-dealkylation sites (tertiary alicyclic amines) is 1. The van der Waals surface area contributed by atoms with Crippen LogP contribution in [0.4, 0.5) is 9.18 Å². The molecule has 2 amide bonds. The van der Waals surface area contributed by atoms with Gasteiger partial charge in [0.15, 0.2) is 0 Å². The number of carbonyl (C=O) groups excluding carboxylic acids is 1. The van der Waals surface area contributed by atoms with Crippen LogP contribution in [0.25, 0.3) is 0 Å². The average Bonchev–Trinajstić information content (AvgIpc) is 3.31. The number of carbonyl (C=O) groups is 1. The molecule has 5 rings (SSSR count). The minimum Gasteiger partial charge on any atom is -0.377 e. The van der Waals surface area contributed by atoms with E-state index < -0.39 is 6.17 Å². The number of rotatable bonds is 5. The Kier molecular flexibility index (Phi) is 4.64. The number of amides is 2. The number of urea groups is 1. The van der Waals surface area contributed by atoms with Crippen molar-refractivity contribution in [2.24, 2.45) is 11.3 Å². The molecule has 4 fully saturated rings. The first-order valence-corrected chi connectivity index (χ1v) is 11.1. The van der Waals surface area contributed by atoms with E-state index in [0.717, 1.165) is 19.6 Å². The topological polar surface area (TPSA) is 53.6 Å². The van der Waals surface area contributed by atoms with Gasteiger partial charge >= 0.3 is 6.03 Å². The molecule has 3 unspecified atom stereocenters. The Balaban J connectivity index is 1.14. The maximum atomic E-state index is 14.0. The van der Waals surface area contributed by atoms with E-state index in [-0.39, 0.29) is 23.5 Å². The lowest BCUT2D eigenvalue weighted by atomic mass is 9.46. The molecule has 7 heteroatoms. The van der Waals surface area contributed by atoms with Crippen molar-refractivity contribution >= 4 is 17.4 Å². The summed E-state index contributed by atoms with van der Waals surface area (Å²) >= 11 is 1.70. The predicted molar refractivity (Wildman–Crippen MR) is 102 cm³/mol. The molecule has 0 radical (unpaired) electrons. The second-order valence-corrected chi connectivity index (χ2v) is 9.69. The van der Waals surface area contributed by atoms with Crippen LogP contribution < -0.4 is 10.6 Å². The highest BCUT2D eigenvalue weighted by molar-refractivity contribution is 7.09. The molecule has 1 aromatic heterocycles. The third-order valence-corrected chi connectivity index (χ3v) is 8.10. The van der Waals surface area contributed by atoms with Gasteiger partial charge in [0.05, 0.1) is 6.10 Å². The maximum Gasteiger partial charge on any atom is 0.315 e. The highest BCUT2D eigenvalue weighted by Gasteiger charge is 2.67. The van der Waals surface area contributed by atoms with Crippen molar-refractivity contribution in [3.05, 3.63) is 22.4 Å². The minimum atomic E-state index is -0.805. The van der Waals surface area contributed by atoms with Gasteiger partial charge in [-0.1, -0.05) is 12.5 Å². The number of nitrogens with zero attached hydrogens (tertiary/aromatic N) is 1. The van der Waals surface area contributed by atoms with E-state index >= 15 is 0 Å². The smallest absolute Gasteiger partial charge is 0.315 e. The van der Waals surface area contributed by atoms with Crippen molar-refractivity contribution in [1.82, 2.24) is 15.5 Å². The zero-order valence-corrected chi connectivity index (χ0v) is 16.3. The van der Waals surface area contributed by atoms with Crippen LogP contribution in [0.15, 0.2) is 17.5 Å². The van der Waals surface area contributed by atoms with E-state index in [9.17, 15) is 9.18 Å². The summed E-state index contributed by atoms with van der Waals surface area (Å²) in [5.74, 6) is 0.480. The summed E-state index contributed by atoms with van der Waals surface area (Å²) < 4.78 is 19.9. The van der Waals surface area contributed by atoms with Gasteiger partial charge in [0, 0.05) is 54.5 Å². The van der Waals surface area contributed by atoms with Gasteiger partial charge in [0.2, 0.25) is 0 Å². The number of hydrogen-bond donors (Lipinski definition) is 2. The van der Waals surface area contributed by atoms with E-state index in [1.807, 2.05) is 11.4 Å². The van der Waals surface area contributed by atoms with Gasteiger partial charge in [0.25, 0.3) is 0 Å². The van der Waals surface area contributed by atoms with Crippen molar-refractivity contribution in [2.45, 2.75) is 63.0 Å². The van der Waals surface area contributed by atoms with Gasteiger partial charge in [-0.05, 0) is 37.1 Å². The molecule has 0 aromatic carbocycles. The summed E-state index contributed by atoms with van der Waals surface area (Å²) in [6, 6.07) is 4.32. The Hall–Kier alpha value is -1.18. The fourth-order valence-electron chi connectivity index (χ4n) is 5.79. The monoisotopic (exact) mass is 393 g/mol. The molecule has 5 atom stereocenters. The summed E-state index contributed by atoms with van der Waals surface area (Å²) in [6.07, 6.45) is 4.68. The van der Waals surface area contributed by atoms with Crippen molar-refractivity contribution < 1.29 is 13.9 Å². The van der Waals surface area contributed by atoms with E-state index in [4.69, 9.17) is 4.74 Å². The van der Waals surface area contributed by atoms with Crippen LogP contribution in [-0.2, 0) is 11.3 Å². The third-order valence-electron chi connectivity index (χ3n) is 7.24. The molecule has 3 heterocycles. The molecule has 2 saturated carbocycles. The molecule has 1 spiro atoms. The highest BCUT2D eigenvalue weighted by Crippen LogP contribution is 2.62. The molecule has 2 N–H and O–H groups in total. The zero-order chi connectivity index (χ0) is 18.4. The van der Waals surface area contributed by atoms with Crippen molar-refractivity contribution in [2.75, 3.05) is 19.7 Å². The number of alkyl halides is 1. The fraction of sp³-hybridized carbons (Fsp3) is 0.750. The van der Waals surface area contributed by atoms with E-state index in [1.54, 1.807) is 11.3 Å². The summed E-state index contributed by atoms with van der Waals surface area (Å²) in [5.41, 5.74) is 0.196. The van der Waals surface area contributed by atoms with Crippen molar-refractivity contribution in [1.29, 1.82) is 0 Å². The number of nitrogens with one attached hydrogen (secondary N) is 2. The average molecular weight is 394 g/mol. The van der Waals surface area contributed by atoms with Crippen LogP contribution in [0.3, 0.4) is 0 Å². The van der Waals surface area contributed by atoms with Crippen LogP contribution >= 0.6 is 11.3 Å². The second kappa shape index (κ2) is 7.01. The molecule has 0 bridgehead atoms. The standard InChI is InChI=1S/C20H28FN3O2S/c21-13-9-14(24(11-13)12-15-3-1-8-27-15)10-22-19(25)23-17-16-4-7-26-18(16)20(17)5-2-6-20/h1,3,8,13-14,16-18H,2,4-7,9-12H2,(H2,22,23,25)/t13-,14-,16?,17?,18?/m0/s1. The number of halogens is 1. The van der Waals surface area contributed by atoms with Crippen LogP contribution in [0.1, 0.15) is 37.0 Å². The predicted octanol–water partition coefficient (Wildman–Crippen LogP) is 2.92. The number of fused-ring (bicyclic) bond motifs is 2. The Bertz CT molecular complexity index is 681. The maximum absolute atomic E-state index is 14.0. The van der Waals surface area contributed by atoms with Gasteiger partial charge in [-0.25, -0.2) is 9.18 Å². The summed E-state index contributed by atoms with van der Waals surface area (Å²) in [7, 11) is 0. The Morgan fingerprint density at radius 1 is 1.44 bits per heavy atom. The normalized spacial score (nSPS) is 36.9. The molecule has 4 aliphatic rings. The Labute approximate surface area is 163 Å². The van der Waals surface area contributed by atoms with E-state index in [0.29, 0.717) is 31.5 Å². The molecule has 5 nitrogen and oxygen atoms in total. The lowest BCUT2D eigenvalue weighted by Crippen LogP contribution is -2.72. The SMILES string of the molecule is O=C(NC[C@@H]1C[C@H](F)CN1Cc1cccs1)NC1C2CCOC2C12CCC2. The molecule has 148 valence electrons. The summed E-state index contributed by atoms with van der Waals surface area (Å²) in [5, 5.41) is 8.31. The Morgan fingerprint density at radius 2 is 2.33 bits per heavy atom. The largest absolute Gasteiger partial charge is 0.377 e. The molecule has 2 saturated heterocycles. The molecule has 2 aliphatic heterocycles. The first-order valence-electron chi connectivity index (χ1n) is 10.2. The highest BCUT2D eigenvalue weighted by atomic mass is 32.1. The molecule has 27 heavy (non-hydrogen) atoms. The van der Waals surface area contributed by atoms with Gasteiger partial charge in [-0.2, -0.15) is 0 Å². The number of thiophene rings is 1. The Morgan fingerprint density at radius 3 is 3.07 bits per heavy atom. The second-order valence-electron chi connectivity index (χ2n) is 8.66. The lowest BCUT2D eigenvalue weighted by Gasteiger charge is -2.63. The fourth-order valence-corrected chi connectivity index (χ4v) is 6.52. The lowest BCUT2D eigenvalue weighted by molar-refractivity contribution is -0.172. The van der Waals surface area contributed by atoms with Crippen LogP contribution in [0.5, 0.6) is 0 Å².